The third-order valence-corrected chi connectivity index (χ3v) is 4.45. The number of hydrogen-bond donors (Lipinski definition) is 2. The van der Waals surface area contributed by atoms with Crippen LogP contribution in [0.5, 0.6) is 0 Å². The second kappa shape index (κ2) is 13.8. The number of pyridine rings is 1. The van der Waals surface area contributed by atoms with Crippen molar-refractivity contribution in [2.75, 3.05) is 14.2 Å². The van der Waals surface area contributed by atoms with Crippen molar-refractivity contribution in [2.45, 2.75) is 41.5 Å². The Bertz CT molecular complexity index is 699. The van der Waals surface area contributed by atoms with Crippen LogP contribution in [0.2, 0.25) is 0 Å². The molecule has 3 rings (SSSR count). The summed E-state index contributed by atoms with van der Waals surface area (Å²) in [6, 6.07) is 11.2. The predicted octanol–water partition coefficient (Wildman–Crippen LogP) is 4.51. The summed E-state index contributed by atoms with van der Waals surface area (Å²) in [5.41, 5.74) is 9.44. The van der Waals surface area contributed by atoms with Crippen LogP contribution in [0.1, 0.15) is 33.4 Å². The van der Waals surface area contributed by atoms with Crippen molar-refractivity contribution >= 4 is 10.9 Å². The Kier molecular flexibility index (Phi) is 14.2. The van der Waals surface area contributed by atoms with Crippen molar-refractivity contribution in [1.82, 2.24) is 4.98 Å². The molecule has 0 aliphatic rings. The van der Waals surface area contributed by atoms with Gasteiger partial charge in [0.05, 0.1) is 0 Å². The number of rotatable bonds is 0. The molecule has 4 heteroatoms. The van der Waals surface area contributed by atoms with Gasteiger partial charge in [-0.2, -0.15) is 27.8 Å². The molecular formula is C22H31NO2Ti. The standard InChI is InChI=1S/C10H8N.C10H15.2CH4O.Ti/c1-8-6-9-4-2-3-5-10(9)11-7-8;1-6-7(2)9(4)10(5)8(6)3;2*1-2;/h2-5,7H,1H3;1-5H3;2*2H,1H3;/q2*-1;;;+2. The Morgan fingerprint density at radius 2 is 1.31 bits per heavy atom. The Morgan fingerprint density at radius 1 is 0.846 bits per heavy atom. The van der Waals surface area contributed by atoms with Crippen molar-refractivity contribution in [3.05, 3.63) is 69.9 Å². The number of para-hydroxylation sites is 1. The monoisotopic (exact) mass is 389 g/mol. The third kappa shape index (κ3) is 7.09. The predicted molar refractivity (Wildman–Crippen MR) is 107 cm³/mol. The molecule has 1 heterocycles. The van der Waals surface area contributed by atoms with Gasteiger partial charge in [0.1, 0.15) is 0 Å². The van der Waals surface area contributed by atoms with E-state index in [0.717, 1.165) is 30.7 Å². The summed E-state index contributed by atoms with van der Waals surface area (Å²) in [6.45, 7) is 13.0. The van der Waals surface area contributed by atoms with Crippen LogP contribution in [0.3, 0.4) is 0 Å². The molecule has 2 N–H and O–H groups in total. The van der Waals surface area contributed by atoms with Crippen LogP contribution in [0, 0.1) is 47.6 Å². The van der Waals surface area contributed by atoms with Gasteiger partial charge < -0.3 is 15.2 Å². The van der Waals surface area contributed by atoms with E-state index in [0.29, 0.717) is 0 Å². The Labute approximate surface area is 173 Å². The topological polar surface area (TPSA) is 53.4 Å². The molecule has 0 radical (unpaired) electrons. The van der Waals surface area contributed by atoms with Crippen molar-refractivity contribution in [1.29, 1.82) is 0 Å². The van der Waals surface area contributed by atoms with Gasteiger partial charge in [0.2, 0.25) is 0 Å². The average molecular weight is 389 g/mol. The number of aromatic nitrogens is 1. The zero-order valence-electron chi connectivity index (χ0n) is 17.2. The minimum absolute atomic E-state index is 0. The second-order valence-corrected chi connectivity index (χ2v) is 5.71. The molecule has 0 aliphatic heterocycles. The zero-order chi connectivity index (χ0) is 19.6. The molecular weight excluding hydrogens is 358 g/mol. The number of aryl methyl sites for hydroxylation is 1. The fourth-order valence-corrected chi connectivity index (χ4v) is 2.51. The molecule has 0 saturated carbocycles. The van der Waals surface area contributed by atoms with Crippen molar-refractivity contribution < 1.29 is 31.9 Å². The number of nitrogens with zero attached hydrogens (tertiary/aromatic N) is 1. The molecule has 0 fully saturated rings. The van der Waals surface area contributed by atoms with Gasteiger partial charge in [-0.05, 0) is 5.52 Å². The first-order valence-electron chi connectivity index (χ1n) is 8.24. The van der Waals surface area contributed by atoms with Gasteiger partial charge in [0.25, 0.3) is 0 Å². The van der Waals surface area contributed by atoms with Gasteiger partial charge in [-0.15, -0.1) is 29.1 Å². The molecule has 0 saturated heterocycles. The third-order valence-electron chi connectivity index (χ3n) is 4.45. The van der Waals surface area contributed by atoms with Crippen LogP contribution in [0.15, 0.2) is 30.5 Å². The SMILES string of the molecule is CO.CO.Cc1[c-]c2ccccc2nc1.Cc1c(C)c(C)[c-](C)c1C.[Ti+2]. The first kappa shape index (κ1) is 26.8. The minimum Gasteiger partial charge on any atom is -0.400 e. The van der Waals surface area contributed by atoms with Crippen LogP contribution < -0.4 is 0 Å². The zero-order valence-corrected chi connectivity index (χ0v) is 18.8. The maximum atomic E-state index is 7.00. The molecule has 1 aromatic heterocycles. The summed E-state index contributed by atoms with van der Waals surface area (Å²) in [6.07, 6.45) is 1.84. The van der Waals surface area contributed by atoms with Crippen LogP contribution >= 0.6 is 0 Å². The normalized spacial score (nSPS) is 8.85. The van der Waals surface area contributed by atoms with Gasteiger partial charge in [0.15, 0.2) is 0 Å². The molecule has 3 aromatic rings. The van der Waals surface area contributed by atoms with Gasteiger partial charge >= 0.3 is 21.7 Å². The van der Waals surface area contributed by atoms with E-state index in [-0.39, 0.29) is 21.7 Å². The molecule has 0 aliphatic carbocycles. The van der Waals surface area contributed by atoms with E-state index < -0.39 is 0 Å². The van der Waals surface area contributed by atoms with Gasteiger partial charge in [-0.25, -0.2) is 0 Å². The molecule has 0 unspecified atom stereocenters. The number of aliphatic hydroxyl groups excluding tert-OH is 2. The van der Waals surface area contributed by atoms with E-state index >= 15 is 0 Å². The molecule has 26 heavy (non-hydrogen) atoms. The Hall–Kier alpha value is -1.39. The summed E-state index contributed by atoms with van der Waals surface area (Å²) < 4.78 is 0. The minimum atomic E-state index is 0. The summed E-state index contributed by atoms with van der Waals surface area (Å²) >= 11 is 0. The van der Waals surface area contributed by atoms with Crippen LogP contribution in [0.25, 0.3) is 10.9 Å². The molecule has 0 atom stereocenters. The molecule has 0 bridgehead atoms. The van der Waals surface area contributed by atoms with E-state index in [9.17, 15) is 0 Å². The Morgan fingerprint density at radius 3 is 1.73 bits per heavy atom. The molecule has 2 aromatic carbocycles. The van der Waals surface area contributed by atoms with E-state index in [2.05, 4.69) is 45.7 Å². The summed E-state index contributed by atoms with van der Waals surface area (Å²) in [5.74, 6) is 0. The quantitative estimate of drug-likeness (QED) is 0.440. The molecule has 0 amide bonds. The Balaban J connectivity index is 0. The summed E-state index contributed by atoms with van der Waals surface area (Å²) in [7, 11) is 2.00. The molecule has 0 spiro atoms. The van der Waals surface area contributed by atoms with Crippen LogP contribution in [0.4, 0.5) is 0 Å². The van der Waals surface area contributed by atoms with Gasteiger partial charge in [-0.1, -0.05) is 59.9 Å². The van der Waals surface area contributed by atoms with E-state index in [1.54, 1.807) is 0 Å². The fraction of sp³-hybridized carbons (Fsp3) is 0.364. The number of hydrogen-bond acceptors (Lipinski definition) is 3. The maximum absolute atomic E-state index is 7.00. The van der Waals surface area contributed by atoms with E-state index in [1.165, 1.54) is 27.8 Å². The maximum Gasteiger partial charge on any atom is 2.00 e. The number of fused-ring (bicyclic) bond motifs is 1. The van der Waals surface area contributed by atoms with E-state index in [1.807, 2.05) is 37.4 Å². The van der Waals surface area contributed by atoms with Crippen molar-refractivity contribution in [3.8, 4) is 0 Å². The first-order valence-corrected chi connectivity index (χ1v) is 8.24. The number of benzene rings is 1. The average Bonchev–Trinajstić information content (AvgIpc) is 2.83. The molecule has 140 valence electrons. The van der Waals surface area contributed by atoms with Crippen molar-refractivity contribution in [3.63, 3.8) is 0 Å². The summed E-state index contributed by atoms with van der Waals surface area (Å²) in [4.78, 5) is 4.25. The van der Waals surface area contributed by atoms with Gasteiger partial charge in [-0.3, -0.25) is 0 Å². The van der Waals surface area contributed by atoms with Crippen LogP contribution in [-0.2, 0) is 21.7 Å². The van der Waals surface area contributed by atoms with Crippen LogP contribution in [-0.4, -0.2) is 29.4 Å². The number of aliphatic hydroxyl groups is 2. The fourth-order valence-electron chi connectivity index (χ4n) is 2.51. The van der Waals surface area contributed by atoms with Gasteiger partial charge in [0, 0.05) is 14.2 Å². The van der Waals surface area contributed by atoms with Crippen molar-refractivity contribution in [2.24, 2.45) is 0 Å². The second-order valence-electron chi connectivity index (χ2n) is 5.71. The first-order chi connectivity index (χ1) is 11.9. The summed E-state index contributed by atoms with van der Waals surface area (Å²) in [5, 5.41) is 15.1. The van der Waals surface area contributed by atoms with E-state index in [4.69, 9.17) is 10.2 Å². The smallest absolute Gasteiger partial charge is 0.400 e. The largest absolute Gasteiger partial charge is 2.00 e. The molecule has 3 nitrogen and oxygen atoms in total.